The van der Waals surface area contributed by atoms with Gasteiger partial charge in [-0.2, -0.15) is 13.2 Å². The Morgan fingerprint density at radius 3 is 2.25 bits per heavy atom. The van der Waals surface area contributed by atoms with Crippen LogP contribution < -0.4 is 4.90 Å². The van der Waals surface area contributed by atoms with Crippen LogP contribution in [0, 0.1) is 5.92 Å². The first-order valence-electron chi connectivity index (χ1n) is 8.52. The zero-order valence-electron chi connectivity index (χ0n) is 13.5. The van der Waals surface area contributed by atoms with Crippen molar-refractivity contribution in [2.75, 3.05) is 31.1 Å². The van der Waals surface area contributed by atoms with Crippen molar-refractivity contribution < 1.29 is 18.0 Å². The van der Waals surface area contributed by atoms with Gasteiger partial charge in [0.1, 0.15) is 4.88 Å². The number of carbonyl (C=O) groups is 1. The van der Waals surface area contributed by atoms with Crippen LogP contribution in [0.1, 0.15) is 43.4 Å². The molecule has 0 aromatic carbocycles. The van der Waals surface area contributed by atoms with Crippen molar-refractivity contribution in [2.24, 2.45) is 5.92 Å². The molecule has 0 saturated carbocycles. The van der Waals surface area contributed by atoms with E-state index in [9.17, 15) is 18.0 Å². The molecule has 0 radical (unpaired) electrons. The van der Waals surface area contributed by atoms with Gasteiger partial charge in [-0.15, -0.1) is 0 Å². The highest BCUT2D eigenvalue weighted by atomic mass is 32.1. The second-order valence-electron chi connectivity index (χ2n) is 6.51. The third kappa shape index (κ3) is 4.02. The highest BCUT2D eigenvalue weighted by Crippen LogP contribution is 2.37. The molecule has 2 aliphatic heterocycles. The van der Waals surface area contributed by atoms with Crippen LogP contribution in [0.25, 0.3) is 0 Å². The number of nitrogens with zero attached hydrogens (tertiary/aromatic N) is 3. The zero-order chi connectivity index (χ0) is 17.2. The Morgan fingerprint density at radius 2 is 1.71 bits per heavy atom. The van der Waals surface area contributed by atoms with Crippen LogP contribution in [-0.2, 0) is 11.0 Å². The van der Waals surface area contributed by atoms with Crippen LogP contribution >= 0.6 is 11.3 Å². The Bertz CT molecular complexity index is 559. The van der Waals surface area contributed by atoms with Crippen LogP contribution in [0.5, 0.6) is 0 Å². The Hall–Kier alpha value is -1.31. The smallest absolute Gasteiger partial charge is 0.348 e. The molecule has 24 heavy (non-hydrogen) atoms. The van der Waals surface area contributed by atoms with Crippen molar-refractivity contribution in [1.29, 1.82) is 0 Å². The number of amides is 1. The summed E-state index contributed by atoms with van der Waals surface area (Å²) < 4.78 is 38.0. The molecule has 134 valence electrons. The van der Waals surface area contributed by atoms with E-state index in [4.69, 9.17) is 0 Å². The van der Waals surface area contributed by atoms with Gasteiger partial charge < -0.3 is 9.80 Å². The summed E-state index contributed by atoms with van der Waals surface area (Å²) in [6, 6.07) is 0. The molecule has 2 aliphatic rings. The number of hydrogen-bond donors (Lipinski definition) is 0. The molecule has 2 saturated heterocycles. The van der Waals surface area contributed by atoms with Gasteiger partial charge in [0.2, 0.25) is 5.91 Å². The minimum atomic E-state index is -4.34. The molecule has 0 aliphatic carbocycles. The van der Waals surface area contributed by atoms with Crippen LogP contribution in [0.2, 0.25) is 0 Å². The average Bonchev–Trinajstić information content (AvgIpc) is 2.91. The summed E-state index contributed by atoms with van der Waals surface area (Å²) >= 11 is 0.681. The Kier molecular flexibility index (Phi) is 5.32. The lowest BCUT2D eigenvalue weighted by molar-refractivity contribution is -0.136. The first kappa shape index (κ1) is 17.5. The van der Waals surface area contributed by atoms with Gasteiger partial charge in [0.25, 0.3) is 0 Å². The maximum atomic E-state index is 12.7. The van der Waals surface area contributed by atoms with Gasteiger partial charge >= 0.3 is 6.18 Å². The molecular weight excluding hydrogens is 339 g/mol. The summed E-state index contributed by atoms with van der Waals surface area (Å²) in [5, 5.41) is 0.406. The molecule has 3 rings (SSSR count). The van der Waals surface area contributed by atoms with E-state index in [-0.39, 0.29) is 11.8 Å². The largest absolute Gasteiger partial charge is 0.427 e. The molecule has 0 spiro atoms. The fourth-order valence-electron chi connectivity index (χ4n) is 3.41. The number of thiazole rings is 1. The van der Waals surface area contributed by atoms with E-state index in [1.165, 1.54) is 12.8 Å². The Morgan fingerprint density at radius 1 is 1.08 bits per heavy atom. The summed E-state index contributed by atoms with van der Waals surface area (Å²) in [5.74, 6) is 0.230. The normalized spacial score (nSPS) is 21.0. The molecule has 0 unspecified atom stereocenters. The van der Waals surface area contributed by atoms with E-state index >= 15 is 0 Å². The first-order chi connectivity index (χ1) is 11.4. The van der Waals surface area contributed by atoms with Crippen LogP contribution in [0.3, 0.4) is 0 Å². The number of alkyl halides is 3. The standard InChI is InChI=1S/C16H22F3N3OS/c17-16(18,19)13-11-20-15(24-13)22-9-5-12(6-10-22)14(23)21-7-3-1-2-4-8-21/h11-12H,1-10H2. The minimum Gasteiger partial charge on any atom is -0.348 e. The van der Waals surface area contributed by atoms with Crippen molar-refractivity contribution in [3.8, 4) is 0 Å². The molecule has 1 amide bonds. The number of hydrogen-bond acceptors (Lipinski definition) is 4. The van der Waals surface area contributed by atoms with Crippen molar-refractivity contribution in [1.82, 2.24) is 9.88 Å². The summed E-state index contributed by atoms with van der Waals surface area (Å²) in [6.45, 7) is 2.88. The molecular formula is C16H22F3N3OS. The fraction of sp³-hybridized carbons (Fsp3) is 0.750. The van der Waals surface area contributed by atoms with Gasteiger partial charge in [-0.1, -0.05) is 24.2 Å². The van der Waals surface area contributed by atoms with E-state index in [0.29, 0.717) is 42.4 Å². The monoisotopic (exact) mass is 361 g/mol. The number of anilines is 1. The van der Waals surface area contributed by atoms with E-state index in [1.54, 1.807) is 0 Å². The second-order valence-corrected chi connectivity index (χ2v) is 7.51. The van der Waals surface area contributed by atoms with Crippen LogP contribution in [-0.4, -0.2) is 42.0 Å². The molecule has 0 N–H and O–H groups in total. The third-order valence-electron chi connectivity index (χ3n) is 4.81. The summed E-state index contributed by atoms with van der Waals surface area (Å²) in [6.07, 6.45) is 2.47. The summed E-state index contributed by atoms with van der Waals surface area (Å²) in [7, 11) is 0. The molecule has 0 atom stereocenters. The van der Waals surface area contributed by atoms with Gasteiger partial charge in [0.05, 0.1) is 6.20 Å². The second kappa shape index (κ2) is 7.29. The maximum Gasteiger partial charge on any atom is 0.427 e. The van der Waals surface area contributed by atoms with Gasteiger partial charge in [-0.3, -0.25) is 4.79 Å². The van der Waals surface area contributed by atoms with Crippen LogP contribution in [0.4, 0.5) is 18.3 Å². The highest BCUT2D eigenvalue weighted by molar-refractivity contribution is 7.15. The quantitative estimate of drug-likeness (QED) is 0.804. The molecule has 0 bridgehead atoms. The zero-order valence-corrected chi connectivity index (χ0v) is 14.3. The predicted octanol–water partition coefficient (Wildman–Crippen LogP) is 3.78. The minimum absolute atomic E-state index is 0.00130. The first-order valence-corrected chi connectivity index (χ1v) is 9.33. The average molecular weight is 361 g/mol. The van der Waals surface area contributed by atoms with Crippen LogP contribution in [0.15, 0.2) is 6.20 Å². The van der Waals surface area contributed by atoms with Crippen molar-refractivity contribution in [2.45, 2.75) is 44.7 Å². The van der Waals surface area contributed by atoms with E-state index in [2.05, 4.69) is 4.98 Å². The third-order valence-corrected chi connectivity index (χ3v) is 5.91. The number of carbonyl (C=O) groups excluding carboxylic acids is 1. The molecule has 1 aromatic heterocycles. The van der Waals surface area contributed by atoms with Gasteiger partial charge in [-0.05, 0) is 25.7 Å². The van der Waals surface area contributed by atoms with Crippen molar-refractivity contribution >= 4 is 22.4 Å². The Labute approximate surface area is 143 Å². The number of likely N-dealkylation sites (tertiary alicyclic amines) is 1. The number of rotatable bonds is 2. The highest BCUT2D eigenvalue weighted by Gasteiger charge is 2.35. The van der Waals surface area contributed by atoms with Crippen molar-refractivity contribution in [3.05, 3.63) is 11.1 Å². The van der Waals surface area contributed by atoms with Gasteiger partial charge in [-0.25, -0.2) is 4.98 Å². The topological polar surface area (TPSA) is 36.4 Å². The Balaban J connectivity index is 1.55. The van der Waals surface area contributed by atoms with E-state index in [0.717, 1.165) is 32.1 Å². The fourth-order valence-corrected chi connectivity index (χ4v) is 4.24. The molecule has 4 nitrogen and oxygen atoms in total. The SMILES string of the molecule is O=C(C1CCN(c2ncc(C(F)(F)F)s2)CC1)N1CCCCCC1. The predicted molar refractivity (Wildman–Crippen MR) is 87.1 cm³/mol. The summed E-state index contributed by atoms with van der Waals surface area (Å²) in [5.41, 5.74) is 0. The number of piperidine rings is 1. The summed E-state index contributed by atoms with van der Waals surface area (Å²) in [4.78, 5) is 19.7. The molecule has 1 aromatic rings. The number of halogens is 3. The lowest BCUT2D eigenvalue weighted by Crippen LogP contribution is -2.43. The molecule has 8 heteroatoms. The maximum absolute atomic E-state index is 12.7. The van der Waals surface area contributed by atoms with E-state index in [1.807, 2.05) is 9.80 Å². The molecule has 3 heterocycles. The van der Waals surface area contributed by atoms with E-state index < -0.39 is 11.1 Å². The van der Waals surface area contributed by atoms with Gasteiger partial charge in [0, 0.05) is 32.1 Å². The number of aromatic nitrogens is 1. The van der Waals surface area contributed by atoms with Gasteiger partial charge in [0.15, 0.2) is 5.13 Å². The lowest BCUT2D eigenvalue weighted by atomic mass is 9.95. The van der Waals surface area contributed by atoms with Crippen molar-refractivity contribution in [3.63, 3.8) is 0 Å². The lowest BCUT2D eigenvalue weighted by Gasteiger charge is -2.33. The molecule has 2 fully saturated rings.